The zero-order valence-electron chi connectivity index (χ0n) is 15.1. The van der Waals surface area contributed by atoms with Crippen LogP contribution in [0.15, 0.2) is 60.1 Å². The first kappa shape index (κ1) is 18.2. The van der Waals surface area contributed by atoms with Crippen molar-refractivity contribution in [2.24, 2.45) is 5.92 Å². The monoisotopic (exact) mass is 393 g/mol. The Balaban J connectivity index is 1.29. The number of ether oxygens (including phenoxy) is 1. The van der Waals surface area contributed by atoms with Crippen LogP contribution in [-0.4, -0.2) is 23.4 Å². The van der Waals surface area contributed by atoms with Crippen molar-refractivity contribution in [3.63, 3.8) is 0 Å². The zero-order valence-corrected chi connectivity index (χ0v) is 15.9. The van der Waals surface area contributed by atoms with Crippen LogP contribution in [0.5, 0.6) is 5.75 Å². The van der Waals surface area contributed by atoms with Gasteiger partial charge in [0, 0.05) is 40.5 Å². The second kappa shape index (κ2) is 8.22. The normalized spacial score (nSPS) is 13.0. The highest BCUT2D eigenvalue weighted by molar-refractivity contribution is 7.13. The molecule has 0 radical (unpaired) electrons. The molecule has 2 amide bonds. The first-order chi connectivity index (χ1) is 13.7. The highest BCUT2D eigenvalue weighted by atomic mass is 32.1. The molecule has 0 aliphatic heterocycles. The third kappa shape index (κ3) is 4.75. The minimum absolute atomic E-state index is 0.0380. The fraction of sp³-hybridized carbons (Fsp3) is 0.190. The third-order valence-corrected chi connectivity index (χ3v) is 5.09. The van der Waals surface area contributed by atoms with Gasteiger partial charge in [0.2, 0.25) is 5.91 Å². The van der Waals surface area contributed by atoms with E-state index in [0.29, 0.717) is 17.1 Å². The van der Waals surface area contributed by atoms with Crippen LogP contribution in [0.2, 0.25) is 0 Å². The molecule has 142 valence electrons. The van der Waals surface area contributed by atoms with Gasteiger partial charge in [-0.15, -0.1) is 11.3 Å². The number of amides is 2. The van der Waals surface area contributed by atoms with Crippen molar-refractivity contribution >= 4 is 34.5 Å². The van der Waals surface area contributed by atoms with Crippen molar-refractivity contribution in [3.8, 4) is 16.3 Å². The fourth-order valence-corrected chi connectivity index (χ4v) is 3.31. The van der Waals surface area contributed by atoms with Crippen molar-refractivity contribution in [1.29, 1.82) is 0 Å². The quantitative estimate of drug-likeness (QED) is 0.631. The Kier molecular flexibility index (Phi) is 5.34. The van der Waals surface area contributed by atoms with E-state index in [9.17, 15) is 9.59 Å². The van der Waals surface area contributed by atoms with Crippen molar-refractivity contribution in [1.82, 2.24) is 4.98 Å². The molecule has 0 spiro atoms. The predicted octanol–water partition coefficient (Wildman–Crippen LogP) is 4.18. The number of aromatic nitrogens is 1. The predicted molar refractivity (Wildman–Crippen MR) is 109 cm³/mol. The second-order valence-electron chi connectivity index (χ2n) is 6.54. The number of hydrogen-bond acceptors (Lipinski definition) is 5. The molecule has 4 rings (SSSR count). The molecule has 1 aromatic heterocycles. The van der Waals surface area contributed by atoms with E-state index >= 15 is 0 Å². The maximum atomic E-state index is 12.1. The van der Waals surface area contributed by atoms with E-state index in [1.165, 1.54) is 0 Å². The van der Waals surface area contributed by atoms with Crippen LogP contribution >= 0.6 is 11.3 Å². The van der Waals surface area contributed by atoms with E-state index in [1.54, 1.807) is 41.8 Å². The standard InChI is InChI=1S/C21H19N3O3S/c25-19(23-16-8-6-15(7-9-16)21-22-10-11-28-21)13-27-18-3-1-2-17(12-18)24-20(26)14-4-5-14/h1-3,6-12,14H,4-5,13H2,(H,23,25)(H,24,26). The van der Waals surface area contributed by atoms with Crippen LogP contribution in [0, 0.1) is 5.92 Å². The number of anilines is 2. The fourth-order valence-electron chi connectivity index (χ4n) is 2.66. The Morgan fingerprint density at radius 1 is 1.07 bits per heavy atom. The van der Waals surface area contributed by atoms with Gasteiger partial charge >= 0.3 is 0 Å². The van der Waals surface area contributed by atoms with Gasteiger partial charge in [-0.05, 0) is 49.2 Å². The Morgan fingerprint density at radius 2 is 1.89 bits per heavy atom. The number of nitrogens with one attached hydrogen (secondary N) is 2. The molecule has 2 aromatic carbocycles. The van der Waals surface area contributed by atoms with E-state index in [-0.39, 0.29) is 24.3 Å². The SMILES string of the molecule is O=C(COc1cccc(NC(=O)C2CC2)c1)Nc1ccc(-c2nccs2)cc1. The molecule has 1 fully saturated rings. The van der Waals surface area contributed by atoms with Crippen LogP contribution in [0.25, 0.3) is 10.6 Å². The van der Waals surface area contributed by atoms with Gasteiger partial charge in [0.1, 0.15) is 10.8 Å². The lowest BCUT2D eigenvalue weighted by Gasteiger charge is -2.10. The number of carbonyl (C=O) groups is 2. The number of thiazole rings is 1. The molecular weight excluding hydrogens is 374 g/mol. The molecule has 1 aliphatic carbocycles. The number of carbonyl (C=O) groups excluding carboxylic acids is 2. The molecule has 3 aromatic rings. The lowest BCUT2D eigenvalue weighted by molar-refractivity contribution is -0.118. The van der Waals surface area contributed by atoms with E-state index in [2.05, 4.69) is 15.6 Å². The average molecular weight is 393 g/mol. The Labute approximate surface area is 166 Å². The second-order valence-corrected chi connectivity index (χ2v) is 7.44. The summed E-state index contributed by atoms with van der Waals surface area (Å²) >= 11 is 1.57. The third-order valence-electron chi connectivity index (χ3n) is 4.27. The van der Waals surface area contributed by atoms with Crippen molar-refractivity contribution in [2.75, 3.05) is 17.2 Å². The van der Waals surface area contributed by atoms with Crippen molar-refractivity contribution in [3.05, 3.63) is 60.1 Å². The summed E-state index contributed by atoms with van der Waals surface area (Å²) in [6, 6.07) is 14.6. The summed E-state index contributed by atoms with van der Waals surface area (Å²) < 4.78 is 5.55. The Morgan fingerprint density at radius 3 is 2.61 bits per heavy atom. The van der Waals surface area contributed by atoms with Gasteiger partial charge < -0.3 is 15.4 Å². The molecule has 0 bridgehead atoms. The zero-order chi connectivity index (χ0) is 19.3. The van der Waals surface area contributed by atoms with Crippen LogP contribution in [0.1, 0.15) is 12.8 Å². The number of rotatable bonds is 7. The van der Waals surface area contributed by atoms with Gasteiger partial charge in [0.15, 0.2) is 6.61 Å². The summed E-state index contributed by atoms with van der Waals surface area (Å²) in [6.45, 7) is -0.117. The minimum Gasteiger partial charge on any atom is -0.484 e. The van der Waals surface area contributed by atoms with Gasteiger partial charge in [-0.1, -0.05) is 6.07 Å². The van der Waals surface area contributed by atoms with Crippen LogP contribution in [0.4, 0.5) is 11.4 Å². The number of hydrogen-bond donors (Lipinski definition) is 2. The van der Waals surface area contributed by atoms with Crippen LogP contribution in [0.3, 0.4) is 0 Å². The minimum atomic E-state index is -0.255. The summed E-state index contributed by atoms with van der Waals surface area (Å²) in [6.07, 6.45) is 3.67. The van der Waals surface area contributed by atoms with Crippen LogP contribution in [-0.2, 0) is 9.59 Å². The van der Waals surface area contributed by atoms with Crippen molar-refractivity contribution < 1.29 is 14.3 Å². The Bertz CT molecular complexity index is 967. The van der Waals surface area contributed by atoms with Crippen LogP contribution < -0.4 is 15.4 Å². The molecule has 7 heteroatoms. The highest BCUT2D eigenvalue weighted by Crippen LogP contribution is 2.30. The molecule has 1 heterocycles. The summed E-state index contributed by atoms with van der Waals surface area (Å²) in [7, 11) is 0. The molecule has 6 nitrogen and oxygen atoms in total. The van der Waals surface area contributed by atoms with E-state index < -0.39 is 0 Å². The van der Waals surface area contributed by atoms with Gasteiger partial charge in [0.25, 0.3) is 5.91 Å². The molecule has 0 saturated heterocycles. The van der Waals surface area contributed by atoms with Gasteiger partial charge in [-0.25, -0.2) is 4.98 Å². The smallest absolute Gasteiger partial charge is 0.262 e. The molecule has 1 saturated carbocycles. The van der Waals surface area contributed by atoms with Gasteiger partial charge in [-0.3, -0.25) is 9.59 Å². The van der Waals surface area contributed by atoms with E-state index in [4.69, 9.17) is 4.74 Å². The van der Waals surface area contributed by atoms with E-state index in [0.717, 1.165) is 23.4 Å². The van der Waals surface area contributed by atoms with Gasteiger partial charge in [0.05, 0.1) is 0 Å². The summed E-state index contributed by atoms with van der Waals surface area (Å²) in [5.74, 6) is 0.450. The lowest BCUT2D eigenvalue weighted by Crippen LogP contribution is -2.20. The molecule has 2 N–H and O–H groups in total. The molecule has 0 atom stereocenters. The molecule has 1 aliphatic rings. The average Bonchev–Trinajstić information content (AvgIpc) is 3.42. The largest absolute Gasteiger partial charge is 0.484 e. The number of nitrogens with zero attached hydrogens (tertiary/aromatic N) is 1. The first-order valence-electron chi connectivity index (χ1n) is 9.01. The van der Waals surface area contributed by atoms with Gasteiger partial charge in [-0.2, -0.15) is 0 Å². The maximum absolute atomic E-state index is 12.1. The topological polar surface area (TPSA) is 80.3 Å². The Hall–Kier alpha value is -3.19. The molecule has 0 unspecified atom stereocenters. The molecule has 28 heavy (non-hydrogen) atoms. The lowest BCUT2D eigenvalue weighted by atomic mass is 10.2. The molecular formula is C21H19N3O3S. The first-order valence-corrected chi connectivity index (χ1v) is 9.89. The van der Waals surface area contributed by atoms with E-state index in [1.807, 2.05) is 29.6 Å². The number of benzene rings is 2. The summed E-state index contributed by atoms with van der Waals surface area (Å²) in [5, 5.41) is 8.53. The maximum Gasteiger partial charge on any atom is 0.262 e. The summed E-state index contributed by atoms with van der Waals surface area (Å²) in [5.41, 5.74) is 2.38. The highest BCUT2D eigenvalue weighted by Gasteiger charge is 2.29. The summed E-state index contributed by atoms with van der Waals surface area (Å²) in [4.78, 5) is 28.2. The van der Waals surface area contributed by atoms with Crippen molar-refractivity contribution in [2.45, 2.75) is 12.8 Å².